The summed E-state index contributed by atoms with van der Waals surface area (Å²) in [4.78, 5) is 4.09. The Morgan fingerprint density at radius 3 is 2.56 bits per heavy atom. The van der Waals surface area contributed by atoms with Gasteiger partial charge in [-0.3, -0.25) is 4.98 Å². The SMILES string of the molecule is COc1ccc(C(O)c2ccccn2)c(Cl)c1Cl. The van der Waals surface area contributed by atoms with E-state index in [9.17, 15) is 5.11 Å². The van der Waals surface area contributed by atoms with Gasteiger partial charge in [-0.2, -0.15) is 0 Å². The van der Waals surface area contributed by atoms with Gasteiger partial charge in [0.1, 0.15) is 16.9 Å². The molecule has 1 aromatic carbocycles. The predicted molar refractivity (Wildman–Crippen MR) is 71.3 cm³/mol. The van der Waals surface area contributed by atoms with E-state index < -0.39 is 6.10 Å². The van der Waals surface area contributed by atoms with Crippen LogP contribution in [0.5, 0.6) is 5.75 Å². The first-order valence-corrected chi connectivity index (χ1v) is 6.01. The van der Waals surface area contributed by atoms with Crippen LogP contribution in [0.1, 0.15) is 17.4 Å². The van der Waals surface area contributed by atoms with Crippen LogP contribution >= 0.6 is 23.2 Å². The van der Waals surface area contributed by atoms with Gasteiger partial charge in [-0.25, -0.2) is 0 Å². The van der Waals surface area contributed by atoms with E-state index in [1.807, 2.05) is 0 Å². The molecule has 0 aliphatic rings. The van der Waals surface area contributed by atoms with E-state index in [0.29, 0.717) is 17.0 Å². The summed E-state index contributed by atoms with van der Waals surface area (Å²) in [7, 11) is 1.51. The summed E-state index contributed by atoms with van der Waals surface area (Å²) in [6, 6.07) is 8.63. The number of ether oxygens (including phenoxy) is 1. The number of nitrogens with zero attached hydrogens (tertiary/aromatic N) is 1. The Kier molecular flexibility index (Phi) is 4.07. The average molecular weight is 284 g/mol. The van der Waals surface area contributed by atoms with Gasteiger partial charge in [-0.15, -0.1) is 0 Å². The molecule has 18 heavy (non-hydrogen) atoms. The molecule has 1 aromatic heterocycles. The molecule has 0 amide bonds. The number of hydrogen-bond donors (Lipinski definition) is 1. The minimum absolute atomic E-state index is 0.272. The van der Waals surface area contributed by atoms with E-state index in [1.54, 1.807) is 36.5 Å². The fraction of sp³-hybridized carbons (Fsp3) is 0.154. The van der Waals surface area contributed by atoms with Crippen LogP contribution in [0.25, 0.3) is 0 Å². The van der Waals surface area contributed by atoms with Crippen LogP contribution in [-0.2, 0) is 0 Å². The van der Waals surface area contributed by atoms with Crippen molar-refractivity contribution in [3.8, 4) is 5.75 Å². The van der Waals surface area contributed by atoms with Crippen molar-refractivity contribution in [2.75, 3.05) is 7.11 Å². The fourth-order valence-corrected chi connectivity index (χ4v) is 2.12. The van der Waals surface area contributed by atoms with E-state index in [4.69, 9.17) is 27.9 Å². The molecule has 2 aromatic rings. The van der Waals surface area contributed by atoms with Gasteiger partial charge < -0.3 is 9.84 Å². The highest BCUT2D eigenvalue weighted by molar-refractivity contribution is 6.43. The number of benzene rings is 1. The molecule has 1 N–H and O–H groups in total. The molecule has 0 bridgehead atoms. The Balaban J connectivity index is 2.43. The number of aliphatic hydroxyl groups excluding tert-OH is 1. The van der Waals surface area contributed by atoms with Crippen molar-refractivity contribution in [3.63, 3.8) is 0 Å². The van der Waals surface area contributed by atoms with Crippen molar-refractivity contribution in [2.45, 2.75) is 6.10 Å². The molecule has 0 aliphatic heterocycles. The molecule has 1 heterocycles. The Hall–Kier alpha value is -1.29. The second-order valence-electron chi connectivity index (χ2n) is 3.64. The highest BCUT2D eigenvalue weighted by Crippen LogP contribution is 2.38. The third-order valence-electron chi connectivity index (χ3n) is 2.56. The molecular weight excluding hydrogens is 273 g/mol. The summed E-state index contributed by atoms with van der Waals surface area (Å²) in [6.45, 7) is 0. The molecule has 0 saturated carbocycles. The van der Waals surface area contributed by atoms with E-state index in [2.05, 4.69) is 4.98 Å². The molecular formula is C13H11Cl2NO2. The largest absolute Gasteiger partial charge is 0.495 e. The zero-order valence-electron chi connectivity index (χ0n) is 9.60. The second-order valence-corrected chi connectivity index (χ2v) is 4.40. The fourth-order valence-electron chi connectivity index (χ4n) is 1.61. The van der Waals surface area contributed by atoms with Crippen molar-refractivity contribution < 1.29 is 9.84 Å². The van der Waals surface area contributed by atoms with Gasteiger partial charge in [-0.05, 0) is 18.2 Å². The van der Waals surface area contributed by atoms with Crippen molar-refractivity contribution >= 4 is 23.2 Å². The molecule has 0 radical (unpaired) electrons. The van der Waals surface area contributed by atoms with Gasteiger partial charge in [-0.1, -0.05) is 35.3 Å². The van der Waals surface area contributed by atoms with Crippen LogP contribution in [0.15, 0.2) is 36.5 Å². The number of pyridine rings is 1. The van der Waals surface area contributed by atoms with Gasteiger partial charge in [0.2, 0.25) is 0 Å². The molecule has 0 fully saturated rings. The first kappa shape index (κ1) is 13.1. The summed E-state index contributed by atoms with van der Waals surface area (Å²) >= 11 is 12.2. The molecule has 0 aliphatic carbocycles. The van der Waals surface area contributed by atoms with E-state index >= 15 is 0 Å². The lowest BCUT2D eigenvalue weighted by Crippen LogP contribution is -2.03. The highest BCUT2D eigenvalue weighted by atomic mass is 35.5. The molecule has 5 heteroatoms. The molecule has 3 nitrogen and oxygen atoms in total. The number of hydrogen-bond acceptors (Lipinski definition) is 3. The predicted octanol–water partition coefficient (Wildman–Crippen LogP) is 3.48. The Labute approximate surface area is 115 Å². The number of methoxy groups -OCH3 is 1. The normalized spacial score (nSPS) is 12.2. The number of halogens is 2. The average Bonchev–Trinajstić information content (AvgIpc) is 2.42. The summed E-state index contributed by atoms with van der Waals surface area (Å²) in [5, 5.41) is 10.8. The maximum atomic E-state index is 10.2. The minimum Gasteiger partial charge on any atom is -0.495 e. The van der Waals surface area contributed by atoms with Crippen LogP contribution in [0, 0.1) is 0 Å². The molecule has 0 spiro atoms. The maximum absolute atomic E-state index is 10.2. The van der Waals surface area contributed by atoms with E-state index in [-0.39, 0.29) is 10.0 Å². The van der Waals surface area contributed by atoms with Gasteiger partial charge in [0, 0.05) is 11.8 Å². The van der Waals surface area contributed by atoms with Gasteiger partial charge in [0.05, 0.1) is 17.8 Å². The van der Waals surface area contributed by atoms with Gasteiger partial charge >= 0.3 is 0 Å². The Morgan fingerprint density at radius 2 is 1.94 bits per heavy atom. The van der Waals surface area contributed by atoms with Crippen LogP contribution in [-0.4, -0.2) is 17.2 Å². The monoisotopic (exact) mass is 283 g/mol. The lowest BCUT2D eigenvalue weighted by molar-refractivity contribution is 0.215. The lowest BCUT2D eigenvalue weighted by atomic mass is 10.1. The summed E-state index contributed by atoms with van der Waals surface area (Å²) in [6.07, 6.45) is 0.694. The zero-order valence-corrected chi connectivity index (χ0v) is 11.1. The van der Waals surface area contributed by atoms with Crippen molar-refractivity contribution in [1.82, 2.24) is 4.98 Å². The van der Waals surface area contributed by atoms with Crippen molar-refractivity contribution in [2.24, 2.45) is 0 Å². The van der Waals surface area contributed by atoms with Crippen LogP contribution in [0.3, 0.4) is 0 Å². The van der Waals surface area contributed by atoms with Crippen molar-refractivity contribution in [1.29, 1.82) is 0 Å². The topological polar surface area (TPSA) is 42.4 Å². The smallest absolute Gasteiger partial charge is 0.139 e. The third kappa shape index (κ3) is 2.43. The second kappa shape index (κ2) is 5.57. The minimum atomic E-state index is -0.915. The van der Waals surface area contributed by atoms with Gasteiger partial charge in [0.15, 0.2) is 0 Å². The van der Waals surface area contributed by atoms with Crippen molar-refractivity contribution in [3.05, 3.63) is 57.8 Å². The maximum Gasteiger partial charge on any atom is 0.139 e. The third-order valence-corrected chi connectivity index (χ3v) is 3.44. The first-order chi connectivity index (χ1) is 8.65. The lowest BCUT2D eigenvalue weighted by Gasteiger charge is -2.14. The van der Waals surface area contributed by atoms with Crippen LogP contribution < -0.4 is 4.74 Å². The van der Waals surface area contributed by atoms with Gasteiger partial charge in [0.25, 0.3) is 0 Å². The highest BCUT2D eigenvalue weighted by Gasteiger charge is 2.18. The van der Waals surface area contributed by atoms with Crippen LogP contribution in [0.4, 0.5) is 0 Å². The summed E-state index contributed by atoms with van der Waals surface area (Å²) < 4.78 is 5.05. The molecule has 1 atom stereocenters. The molecule has 2 rings (SSSR count). The molecule has 0 saturated heterocycles. The number of aliphatic hydroxyl groups is 1. The van der Waals surface area contributed by atoms with Crippen LogP contribution in [0.2, 0.25) is 10.0 Å². The van der Waals surface area contributed by atoms with E-state index in [1.165, 1.54) is 7.11 Å². The number of aromatic nitrogens is 1. The number of rotatable bonds is 3. The zero-order chi connectivity index (χ0) is 13.1. The standard InChI is InChI=1S/C13H11Cl2NO2/c1-18-10-6-5-8(11(14)12(10)15)13(17)9-4-2-3-7-16-9/h2-7,13,17H,1H3. The molecule has 94 valence electrons. The summed E-state index contributed by atoms with van der Waals surface area (Å²) in [5.41, 5.74) is 1.02. The quantitative estimate of drug-likeness (QED) is 0.938. The molecule has 1 unspecified atom stereocenters. The summed E-state index contributed by atoms with van der Waals surface area (Å²) in [5.74, 6) is 0.471. The Bertz CT molecular complexity index is 546. The Morgan fingerprint density at radius 1 is 1.17 bits per heavy atom. The van der Waals surface area contributed by atoms with E-state index in [0.717, 1.165) is 0 Å². The first-order valence-electron chi connectivity index (χ1n) is 5.26.